The fourth-order valence-corrected chi connectivity index (χ4v) is 5.94. The first-order chi connectivity index (χ1) is 17.8. The van der Waals surface area contributed by atoms with E-state index in [1.807, 2.05) is 6.92 Å². The topological polar surface area (TPSA) is 116 Å². The number of aromatic nitrogens is 3. The van der Waals surface area contributed by atoms with Crippen LogP contribution in [0.2, 0.25) is 0 Å². The molecule has 2 aromatic carbocycles. The summed E-state index contributed by atoms with van der Waals surface area (Å²) in [5.41, 5.74) is 2.54. The fraction of sp³-hybridized carbons (Fsp3) is 0.115. The van der Waals surface area contributed by atoms with Crippen LogP contribution in [0.1, 0.15) is 16.8 Å². The lowest BCUT2D eigenvalue weighted by Crippen LogP contribution is -2.13. The number of fused-ring (bicyclic) bond motifs is 3. The summed E-state index contributed by atoms with van der Waals surface area (Å²) < 4.78 is 41.6. The summed E-state index contributed by atoms with van der Waals surface area (Å²) in [7, 11) is -2.52. The van der Waals surface area contributed by atoms with Crippen molar-refractivity contribution >= 4 is 54.0 Å². The molecule has 5 aromatic rings. The van der Waals surface area contributed by atoms with Gasteiger partial charge < -0.3 is 14.7 Å². The standard InChI is InChI=1S/C26H21BrN4O5S/c1-16-6-9-18(10-7-16)37(33,34)31-21-4-3-5-23(36-24-11-8-17(27)12-29-24)26(21)25-19(15-35-2)20(13-30-32)28-14-22(25)31/h3-14,32H,15H2,1-2H3. The van der Waals surface area contributed by atoms with Crippen molar-refractivity contribution in [1.29, 1.82) is 0 Å². The second-order valence-corrected chi connectivity index (χ2v) is 10.9. The number of benzene rings is 2. The minimum absolute atomic E-state index is 0.0836. The van der Waals surface area contributed by atoms with Crippen LogP contribution < -0.4 is 4.74 Å². The van der Waals surface area contributed by atoms with E-state index in [4.69, 9.17) is 9.47 Å². The normalized spacial score (nSPS) is 12.1. The molecule has 0 bridgehead atoms. The molecule has 37 heavy (non-hydrogen) atoms. The lowest BCUT2D eigenvalue weighted by atomic mass is 10.1. The Morgan fingerprint density at radius 3 is 2.49 bits per heavy atom. The molecular formula is C26H21BrN4O5S. The average molecular weight is 581 g/mol. The third-order valence-corrected chi connectivity index (χ3v) is 8.04. The molecule has 0 unspecified atom stereocenters. The van der Waals surface area contributed by atoms with E-state index >= 15 is 0 Å². The van der Waals surface area contributed by atoms with Gasteiger partial charge in [0.15, 0.2) is 0 Å². The molecule has 0 saturated carbocycles. The van der Waals surface area contributed by atoms with Gasteiger partial charge in [-0.25, -0.2) is 17.4 Å². The molecule has 0 spiro atoms. The average Bonchev–Trinajstić information content (AvgIpc) is 3.23. The molecular weight excluding hydrogens is 560 g/mol. The summed E-state index contributed by atoms with van der Waals surface area (Å²) in [4.78, 5) is 8.81. The van der Waals surface area contributed by atoms with Gasteiger partial charge in [0.05, 0.1) is 46.0 Å². The summed E-state index contributed by atoms with van der Waals surface area (Å²) in [6.45, 7) is 1.97. The molecule has 0 atom stereocenters. The second-order valence-electron chi connectivity index (χ2n) is 8.21. The number of oxime groups is 1. The van der Waals surface area contributed by atoms with Gasteiger partial charge in [0.1, 0.15) is 5.75 Å². The van der Waals surface area contributed by atoms with Gasteiger partial charge in [-0.05, 0) is 53.2 Å². The van der Waals surface area contributed by atoms with Crippen molar-refractivity contribution in [2.45, 2.75) is 18.4 Å². The highest BCUT2D eigenvalue weighted by Gasteiger charge is 2.28. The Bertz CT molecular complexity index is 1750. The third kappa shape index (κ3) is 4.45. The molecule has 3 aromatic heterocycles. The molecule has 11 heteroatoms. The van der Waals surface area contributed by atoms with Crippen molar-refractivity contribution in [3.8, 4) is 11.6 Å². The van der Waals surface area contributed by atoms with E-state index in [1.165, 1.54) is 23.5 Å². The van der Waals surface area contributed by atoms with Crippen LogP contribution >= 0.6 is 15.9 Å². The molecule has 0 saturated heterocycles. The highest BCUT2D eigenvalue weighted by Crippen LogP contribution is 2.41. The summed E-state index contributed by atoms with van der Waals surface area (Å²) in [5.74, 6) is 0.725. The van der Waals surface area contributed by atoms with Crippen LogP contribution in [-0.2, 0) is 21.4 Å². The number of pyridine rings is 2. The SMILES string of the molecule is COCc1c(C=NO)ncc2c1c1c(Oc3ccc(Br)cn3)cccc1n2S(=O)(=O)c1ccc(C)cc1. The van der Waals surface area contributed by atoms with E-state index < -0.39 is 10.0 Å². The number of ether oxygens (including phenoxy) is 2. The maximum atomic E-state index is 14.0. The molecule has 0 amide bonds. The smallest absolute Gasteiger partial charge is 0.268 e. The summed E-state index contributed by atoms with van der Waals surface area (Å²) in [6.07, 6.45) is 4.24. The molecule has 9 nitrogen and oxygen atoms in total. The molecule has 0 aliphatic carbocycles. The van der Waals surface area contributed by atoms with Gasteiger partial charge in [0.25, 0.3) is 10.0 Å². The lowest BCUT2D eigenvalue weighted by Gasteiger charge is -2.10. The Morgan fingerprint density at radius 1 is 1.03 bits per heavy atom. The van der Waals surface area contributed by atoms with Gasteiger partial charge in [0.2, 0.25) is 5.88 Å². The molecule has 5 rings (SSSR count). The van der Waals surface area contributed by atoms with E-state index in [0.29, 0.717) is 44.7 Å². The van der Waals surface area contributed by atoms with Crippen molar-refractivity contribution in [2.75, 3.05) is 7.11 Å². The Balaban J connectivity index is 1.89. The first-order valence-electron chi connectivity index (χ1n) is 11.1. The molecule has 3 heterocycles. The van der Waals surface area contributed by atoms with Gasteiger partial charge in [0, 0.05) is 34.8 Å². The predicted octanol–water partition coefficient (Wildman–Crippen LogP) is 5.64. The third-order valence-electron chi connectivity index (χ3n) is 5.83. The Hall–Kier alpha value is -3.80. The number of aryl methyl sites for hydroxylation is 1. The van der Waals surface area contributed by atoms with Crippen LogP contribution in [0.5, 0.6) is 11.6 Å². The quantitative estimate of drug-likeness (QED) is 0.150. The second kappa shape index (κ2) is 9.92. The van der Waals surface area contributed by atoms with Crippen LogP contribution in [0.4, 0.5) is 0 Å². The number of halogens is 1. The van der Waals surface area contributed by atoms with Gasteiger partial charge in [-0.2, -0.15) is 0 Å². The van der Waals surface area contributed by atoms with Crippen LogP contribution in [0, 0.1) is 6.92 Å². The Kier molecular flexibility index (Phi) is 6.67. The largest absolute Gasteiger partial charge is 0.438 e. The molecule has 0 fully saturated rings. The Labute approximate surface area is 221 Å². The van der Waals surface area contributed by atoms with E-state index in [2.05, 4.69) is 31.1 Å². The number of methoxy groups -OCH3 is 1. The van der Waals surface area contributed by atoms with Gasteiger partial charge in [-0.15, -0.1) is 0 Å². The molecule has 1 N–H and O–H groups in total. The van der Waals surface area contributed by atoms with Crippen LogP contribution in [0.15, 0.2) is 81.5 Å². The Morgan fingerprint density at radius 2 is 1.81 bits per heavy atom. The molecule has 0 aliphatic heterocycles. The van der Waals surface area contributed by atoms with Crippen LogP contribution in [0.3, 0.4) is 0 Å². The molecule has 188 valence electrons. The van der Waals surface area contributed by atoms with Crippen molar-refractivity contribution < 1.29 is 23.1 Å². The maximum Gasteiger partial charge on any atom is 0.268 e. The van der Waals surface area contributed by atoms with Crippen LogP contribution in [-0.4, -0.2) is 40.9 Å². The van der Waals surface area contributed by atoms with Crippen molar-refractivity contribution in [1.82, 2.24) is 13.9 Å². The monoisotopic (exact) mass is 580 g/mol. The first-order valence-corrected chi connectivity index (χ1v) is 13.3. The first kappa shape index (κ1) is 24.9. The van der Waals surface area contributed by atoms with E-state index in [0.717, 1.165) is 10.0 Å². The minimum atomic E-state index is -4.04. The minimum Gasteiger partial charge on any atom is -0.438 e. The van der Waals surface area contributed by atoms with Gasteiger partial charge in [-0.3, -0.25) is 4.98 Å². The van der Waals surface area contributed by atoms with E-state index in [-0.39, 0.29) is 11.5 Å². The van der Waals surface area contributed by atoms with Gasteiger partial charge >= 0.3 is 0 Å². The molecule has 0 aliphatic rings. The zero-order chi connectivity index (χ0) is 26.2. The lowest BCUT2D eigenvalue weighted by molar-refractivity contribution is 0.185. The van der Waals surface area contributed by atoms with E-state index in [1.54, 1.807) is 60.8 Å². The number of hydrogen-bond donors (Lipinski definition) is 1. The highest BCUT2D eigenvalue weighted by molar-refractivity contribution is 9.10. The highest BCUT2D eigenvalue weighted by atomic mass is 79.9. The number of hydrogen-bond acceptors (Lipinski definition) is 8. The number of rotatable bonds is 7. The summed E-state index contributed by atoms with van der Waals surface area (Å²) in [6, 6.07) is 15.3. The summed E-state index contributed by atoms with van der Waals surface area (Å²) in [5, 5.41) is 13.4. The van der Waals surface area contributed by atoms with Crippen molar-refractivity contribution in [3.05, 3.63) is 88.3 Å². The summed E-state index contributed by atoms with van der Waals surface area (Å²) >= 11 is 3.36. The van der Waals surface area contributed by atoms with Crippen molar-refractivity contribution in [2.24, 2.45) is 5.16 Å². The van der Waals surface area contributed by atoms with E-state index in [9.17, 15) is 13.6 Å². The van der Waals surface area contributed by atoms with Gasteiger partial charge in [-0.1, -0.05) is 28.9 Å². The van der Waals surface area contributed by atoms with Crippen molar-refractivity contribution in [3.63, 3.8) is 0 Å². The zero-order valence-electron chi connectivity index (χ0n) is 19.8. The molecule has 0 radical (unpaired) electrons. The zero-order valence-corrected chi connectivity index (χ0v) is 22.2. The van der Waals surface area contributed by atoms with Crippen LogP contribution in [0.25, 0.3) is 21.8 Å². The fourth-order valence-electron chi connectivity index (χ4n) is 4.21. The maximum absolute atomic E-state index is 14.0. The number of nitrogens with zero attached hydrogens (tertiary/aromatic N) is 4. The predicted molar refractivity (Wildman–Crippen MR) is 143 cm³/mol.